The van der Waals surface area contributed by atoms with Crippen LogP contribution in [0.15, 0.2) is 69.1 Å². The van der Waals surface area contributed by atoms with Crippen LogP contribution < -0.4 is 10.2 Å². The van der Waals surface area contributed by atoms with Crippen molar-refractivity contribution in [1.29, 1.82) is 0 Å². The van der Waals surface area contributed by atoms with Crippen LogP contribution in [0.1, 0.15) is 21.7 Å². The second kappa shape index (κ2) is 8.27. The predicted molar refractivity (Wildman–Crippen MR) is 119 cm³/mol. The molecule has 2 heterocycles. The third-order valence-electron chi connectivity index (χ3n) is 4.82. The Hall–Kier alpha value is -3.98. The summed E-state index contributed by atoms with van der Waals surface area (Å²) >= 11 is 3.29. The lowest BCUT2D eigenvalue weighted by Crippen LogP contribution is -2.54. The SMILES string of the molecule is Cc1cc(C(=O)O)ccc1-c1ccc(/C=C2/C(=O)NC(=O)N(c3cccc(Br)c3)C2=O)o1. The Labute approximate surface area is 190 Å². The Morgan fingerprint density at radius 3 is 2.56 bits per heavy atom. The molecule has 32 heavy (non-hydrogen) atoms. The summed E-state index contributed by atoms with van der Waals surface area (Å²) in [7, 11) is 0. The van der Waals surface area contributed by atoms with E-state index in [0.29, 0.717) is 27.0 Å². The molecule has 0 bridgehead atoms. The van der Waals surface area contributed by atoms with Gasteiger partial charge in [0.15, 0.2) is 0 Å². The van der Waals surface area contributed by atoms with Crippen LogP contribution >= 0.6 is 15.9 Å². The van der Waals surface area contributed by atoms with Crippen LogP contribution in [0.2, 0.25) is 0 Å². The van der Waals surface area contributed by atoms with E-state index in [9.17, 15) is 19.2 Å². The molecule has 8 nitrogen and oxygen atoms in total. The molecule has 1 aliphatic heterocycles. The van der Waals surface area contributed by atoms with Crippen molar-refractivity contribution in [3.05, 3.63) is 81.5 Å². The number of hydrogen-bond donors (Lipinski definition) is 2. The summed E-state index contributed by atoms with van der Waals surface area (Å²) in [5, 5.41) is 11.3. The number of imide groups is 2. The van der Waals surface area contributed by atoms with Gasteiger partial charge in [-0.2, -0.15) is 0 Å². The number of hydrogen-bond acceptors (Lipinski definition) is 5. The molecule has 4 amide bonds. The number of amides is 4. The maximum absolute atomic E-state index is 13.0. The van der Waals surface area contributed by atoms with Gasteiger partial charge in [-0.25, -0.2) is 14.5 Å². The molecule has 9 heteroatoms. The first kappa shape index (κ1) is 21.3. The number of nitrogens with zero attached hydrogens (tertiary/aromatic N) is 1. The minimum Gasteiger partial charge on any atom is -0.478 e. The maximum atomic E-state index is 13.0. The van der Waals surface area contributed by atoms with E-state index in [-0.39, 0.29) is 16.9 Å². The zero-order chi connectivity index (χ0) is 23.0. The summed E-state index contributed by atoms with van der Waals surface area (Å²) in [4.78, 5) is 49.6. The average Bonchev–Trinajstić information content (AvgIpc) is 3.19. The van der Waals surface area contributed by atoms with Crippen LogP contribution in [0, 0.1) is 6.92 Å². The zero-order valence-electron chi connectivity index (χ0n) is 16.6. The number of carboxylic acids is 1. The number of carbonyl (C=O) groups excluding carboxylic acids is 3. The van der Waals surface area contributed by atoms with Crippen molar-refractivity contribution in [2.75, 3.05) is 4.90 Å². The molecule has 0 radical (unpaired) electrons. The van der Waals surface area contributed by atoms with Crippen LogP contribution in [-0.4, -0.2) is 28.9 Å². The normalized spacial score (nSPS) is 15.2. The Balaban J connectivity index is 1.67. The first-order chi connectivity index (χ1) is 15.2. The molecule has 2 N–H and O–H groups in total. The summed E-state index contributed by atoms with van der Waals surface area (Å²) in [5.41, 5.74) is 1.56. The van der Waals surface area contributed by atoms with Gasteiger partial charge in [0.1, 0.15) is 17.1 Å². The van der Waals surface area contributed by atoms with Gasteiger partial charge in [-0.3, -0.25) is 14.9 Å². The zero-order valence-corrected chi connectivity index (χ0v) is 18.2. The Bertz CT molecular complexity index is 1320. The smallest absolute Gasteiger partial charge is 0.335 e. The lowest BCUT2D eigenvalue weighted by Gasteiger charge is -2.26. The summed E-state index contributed by atoms with van der Waals surface area (Å²) in [6, 6.07) is 13.6. The van der Waals surface area contributed by atoms with Gasteiger partial charge in [-0.05, 0) is 61.0 Å². The van der Waals surface area contributed by atoms with Crippen molar-refractivity contribution in [3.8, 4) is 11.3 Å². The molecule has 0 unspecified atom stereocenters. The van der Waals surface area contributed by atoms with Gasteiger partial charge < -0.3 is 9.52 Å². The number of urea groups is 1. The number of barbiturate groups is 1. The Morgan fingerprint density at radius 2 is 1.88 bits per heavy atom. The molecule has 0 saturated carbocycles. The van der Waals surface area contributed by atoms with Crippen molar-refractivity contribution >= 4 is 51.5 Å². The van der Waals surface area contributed by atoms with Crippen molar-refractivity contribution in [2.24, 2.45) is 0 Å². The summed E-state index contributed by atoms with van der Waals surface area (Å²) < 4.78 is 6.44. The van der Waals surface area contributed by atoms with Crippen LogP contribution in [-0.2, 0) is 9.59 Å². The Kier molecular flexibility index (Phi) is 5.50. The fourth-order valence-electron chi connectivity index (χ4n) is 3.30. The molecule has 0 aliphatic carbocycles. The molecule has 2 aromatic carbocycles. The predicted octanol–water partition coefficient (Wildman–Crippen LogP) is 4.38. The minimum absolute atomic E-state index is 0.155. The van der Waals surface area contributed by atoms with E-state index in [1.807, 2.05) is 0 Å². The van der Waals surface area contributed by atoms with Gasteiger partial charge in [-0.1, -0.05) is 28.1 Å². The van der Waals surface area contributed by atoms with Gasteiger partial charge in [0.25, 0.3) is 11.8 Å². The number of aryl methyl sites for hydroxylation is 1. The van der Waals surface area contributed by atoms with E-state index in [2.05, 4.69) is 21.2 Å². The first-order valence-corrected chi connectivity index (χ1v) is 10.1. The van der Waals surface area contributed by atoms with Gasteiger partial charge in [0.2, 0.25) is 0 Å². The quantitative estimate of drug-likeness (QED) is 0.410. The Morgan fingerprint density at radius 1 is 1.09 bits per heavy atom. The fourth-order valence-corrected chi connectivity index (χ4v) is 3.68. The minimum atomic E-state index is -1.03. The lowest BCUT2D eigenvalue weighted by atomic mass is 10.0. The van der Waals surface area contributed by atoms with Gasteiger partial charge in [0, 0.05) is 10.0 Å². The standard InChI is InChI=1S/C23H15BrN2O6/c1-12-9-13(22(29)30)5-7-17(12)19-8-6-16(32-19)11-18-20(27)25-23(31)26(21(18)28)15-4-2-3-14(24)10-15/h2-11H,1H3,(H,29,30)(H,25,27,31)/b18-11-. The molecule has 0 spiro atoms. The number of carbonyl (C=O) groups is 4. The molecule has 3 aromatic rings. The summed E-state index contributed by atoms with van der Waals surface area (Å²) in [5.74, 6) is -1.97. The molecule has 160 valence electrons. The molecule has 1 aliphatic rings. The molecule has 4 rings (SSSR count). The van der Waals surface area contributed by atoms with Gasteiger partial charge in [-0.15, -0.1) is 0 Å². The number of benzene rings is 2. The molecule has 1 saturated heterocycles. The monoisotopic (exact) mass is 494 g/mol. The fraction of sp³-hybridized carbons (Fsp3) is 0.0435. The molecule has 1 fully saturated rings. The van der Waals surface area contributed by atoms with E-state index < -0.39 is 23.8 Å². The summed E-state index contributed by atoms with van der Waals surface area (Å²) in [6.07, 6.45) is 1.26. The highest BCUT2D eigenvalue weighted by molar-refractivity contribution is 9.10. The van der Waals surface area contributed by atoms with E-state index in [4.69, 9.17) is 9.52 Å². The number of aromatic carboxylic acids is 1. The van der Waals surface area contributed by atoms with Crippen molar-refractivity contribution in [3.63, 3.8) is 0 Å². The average molecular weight is 495 g/mol. The highest BCUT2D eigenvalue weighted by atomic mass is 79.9. The number of nitrogens with one attached hydrogen (secondary N) is 1. The van der Waals surface area contributed by atoms with Crippen LogP contribution in [0.4, 0.5) is 10.5 Å². The molecular weight excluding hydrogens is 480 g/mol. The number of rotatable bonds is 4. The van der Waals surface area contributed by atoms with E-state index in [1.165, 1.54) is 18.2 Å². The first-order valence-electron chi connectivity index (χ1n) is 9.36. The van der Waals surface area contributed by atoms with Crippen LogP contribution in [0.3, 0.4) is 0 Å². The number of halogens is 1. The molecular formula is C23H15BrN2O6. The van der Waals surface area contributed by atoms with Gasteiger partial charge >= 0.3 is 12.0 Å². The summed E-state index contributed by atoms with van der Waals surface area (Å²) in [6.45, 7) is 1.75. The largest absolute Gasteiger partial charge is 0.478 e. The van der Waals surface area contributed by atoms with Crippen molar-refractivity contribution in [1.82, 2.24) is 5.32 Å². The maximum Gasteiger partial charge on any atom is 0.335 e. The third kappa shape index (κ3) is 3.97. The highest BCUT2D eigenvalue weighted by Gasteiger charge is 2.37. The van der Waals surface area contributed by atoms with Crippen LogP contribution in [0.25, 0.3) is 17.4 Å². The number of anilines is 1. The third-order valence-corrected chi connectivity index (χ3v) is 5.31. The second-order valence-corrected chi connectivity index (χ2v) is 7.89. The van der Waals surface area contributed by atoms with E-state index >= 15 is 0 Å². The van der Waals surface area contributed by atoms with E-state index in [0.717, 1.165) is 4.90 Å². The lowest BCUT2D eigenvalue weighted by molar-refractivity contribution is -0.122. The van der Waals surface area contributed by atoms with Gasteiger partial charge in [0.05, 0.1) is 11.3 Å². The van der Waals surface area contributed by atoms with E-state index in [1.54, 1.807) is 49.4 Å². The molecule has 1 aromatic heterocycles. The molecule has 0 atom stereocenters. The number of carboxylic acid groups (broad SMARTS) is 1. The van der Waals surface area contributed by atoms with Crippen molar-refractivity contribution in [2.45, 2.75) is 6.92 Å². The van der Waals surface area contributed by atoms with Crippen molar-refractivity contribution < 1.29 is 28.7 Å². The van der Waals surface area contributed by atoms with Crippen LogP contribution in [0.5, 0.6) is 0 Å². The topological polar surface area (TPSA) is 117 Å². The second-order valence-electron chi connectivity index (χ2n) is 6.97. The number of furan rings is 1. The highest BCUT2D eigenvalue weighted by Crippen LogP contribution is 2.29.